The summed E-state index contributed by atoms with van der Waals surface area (Å²) < 4.78 is 0. The molecule has 156 valence electrons. The summed E-state index contributed by atoms with van der Waals surface area (Å²) in [5.74, 6) is -0.400. The molecule has 0 radical (unpaired) electrons. The number of nitrogens with one attached hydrogen (secondary N) is 2. The Bertz CT molecular complexity index is 784. The van der Waals surface area contributed by atoms with Crippen molar-refractivity contribution >= 4 is 18.0 Å². The Kier molecular flexibility index (Phi) is 5.29. The molecule has 2 heterocycles. The molecule has 3 N–H and O–H groups in total. The minimum Gasteiger partial charge on any atom is -0.465 e. The van der Waals surface area contributed by atoms with Crippen LogP contribution >= 0.6 is 0 Å². The van der Waals surface area contributed by atoms with Gasteiger partial charge in [-0.3, -0.25) is 14.5 Å². The van der Waals surface area contributed by atoms with Crippen LogP contribution in [0.1, 0.15) is 24.8 Å². The molecular formula is C19H24N4O6. The number of carboxylic acid groups (broad SMARTS) is 1. The minimum atomic E-state index is -1.16. The Morgan fingerprint density at radius 3 is 2.69 bits per heavy atom. The third-order valence-electron chi connectivity index (χ3n) is 5.83. The number of piperidine rings is 1. The van der Waals surface area contributed by atoms with Crippen molar-refractivity contribution in [1.29, 1.82) is 0 Å². The molecule has 10 heteroatoms. The molecule has 1 aromatic carbocycles. The van der Waals surface area contributed by atoms with Gasteiger partial charge in [-0.1, -0.05) is 30.3 Å². The quantitative estimate of drug-likeness (QED) is 0.441. The first kappa shape index (κ1) is 19.5. The molecule has 1 aliphatic carbocycles. The lowest BCUT2D eigenvalue weighted by atomic mass is 9.85. The molecule has 3 aliphatic rings. The van der Waals surface area contributed by atoms with Crippen molar-refractivity contribution < 1.29 is 29.2 Å². The van der Waals surface area contributed by atoms with Crippen LogP contribution in [-0.4, -0.2) is 64.9 Å². The van der Waals surface area contributed by atoms with Gasteiger partial charge in [-0.25, -0.2) is 15.1 Å². The molecule has 1 spiro atoms. The predicted molar refractivity (Wildman–Crippen MR) is 99.2 cm³/mol. The van der Waals surface area contributed by atoms with Crippen molar-refractivity contribution in [3.63, 3.8) is 0 Å². The lowest BCUT2D eigenvalue weighted by molar-refractivity contribution is -0.154. The molecule has 0 unspecified atom stereocenters. The van der Waals surface area contributed by atoms with Gasteiger partial charge >= 0.3 is 12.1 Å². The average molecular weight is 404 g/mol. The van der Waals surface area contributed by atoms with Crippen LogP contribution in [0.2, 0.25) is 0 Å². The zero-order valence-electron chi connectivity index (χ0n) is 15.9. The smallest absolute Gasteiger partial charge is 0.404 e. The van der Waals surface area contributed by atoms with Crippen molar-refractivity contribution in [2.45, 2.75) is 38.0 Å². The largest absolute Gasteiger partial charge is 0.465 e. The van der Waals surface area contributed by atoms with E-state index in [1.165, 1.54) is 9.96 Å². The van der Waals surface area contributed by atoms with Gasteiger partial charge in [0.25, 0.3) is 5.91 Å². The fraction of sp³-hybridized carbons (Fsp3) is 0.526. The Hall–Kier alpha value is -2.85. The molecule has 3 fully saturated rings. The Labute approximate surface area is 167 Å². The van der Waals surface area contributed by atoms with Gasteiger partial charge in [-0.15, -0.1) is 0 Å². The maximum atomic E-state index is 12.9. The maximum absolute atomic E-state index is 12.9. The standard InChI is InChI=1S/C19H24N4O6/c24-16(21-28-9-8-20-17(25)26)14-10-19(6-7-19)15-11-22(14)18(27)23(15)29-12-13-4-2-1-3-5-13/h1-5,14-15,20H,6-12H2,(H,21,24)(H,25,26)/t14-,15-/m0/s1. The summed E-state index contributed by atoms with van der Waals surface area (Å²) in [5.41, 5.74) is 3.22. The normalized spacial score (nSPS) is 23.9. The molecule has 1 saturated carbocycles. The number of urea groups is 1. The van der Waals surface area contributed by atoms with Crippen LogP contribution in [0.15, 0.2) is 30.3 Å². The van der Waals surface area contributed by atoms with Gasteiger partial charge < -0.3 is 15.3 Å². The van der Waals surface area contributed by atoms with Gasteiger partial charge in [0.15, 0.2) is 0 Å². The fourth-order valence-electron chi connectivity index (χ4n) is 4.13. The van der Waals surface area contributed by atoms with Crippen LogP contribution in [0.3, 0.4) is 0 Å². The Morgan fingerprint density at radius 1 is 1.24 bits per heavy atom. The number of fused-ring (bicyclic) bond motifs is 3. The van der Waals surface area contributed by atoms with E-state index < -0.39 is 18.0 Å². The van der Waals surface area contributed by atoms with Crippen molar-refractivity contribution in [3.05, 3.63) is 35.9 Å². The summed E-state index contributed by atoms with van der Waals surface area (Å²) >= 11 is 0. The van der Waals surface area contributed by atoms with Crippen molar-refractivity contribution in [2.24, 2.45) is 5.41 Å². The second-order valence-electron chi connectivity index (χ2n) is 7.66. The van der Waals surface area contributed by atoms with E-state index in [1.54, 1.807) is 0 Å². The van der Waals surface area contributed by atoms with E-state index in [1.807, 2.05) is 30.3 Å². The number of carbonyl (C=O) groups is 3. The van der Waals surface area contributed by atoms with Gasteiger partial charge in [-0.05, 0) is 30.2 Å². The SMILES string of the molecule is O=C(O)NCCONC(=O)[C@@H]1CC2(CC2)[C@@H]2CN1C(=O)N2OCc1ccccc1. The molecular weight excluding hydrogens is 380 g/mol. The molecule has 0 aromatic heterocycles. The highest BCUT2D eigenvalue weighted by Gasteiger charge is 2.64. The summed E-state index contributed by atoms with van der Waals surface area (Å²) in [6.07, 6.45) is 1.32. The Morgan fingerprint density at radius 2 is 2.00 bits per heavy atom. The number of amides is 4. The van der Waals surface area contributed by atoms with Gasteiger partial charge in [0, 0.05) is 13.1 Å². The third-order valence-corrected chi connectivity index (χ3v) is 5.83. The number of carbonyl (C=O) groups excluding carboxylic acids is 2. The summed E-state index contributed by atoms with van der Waals surface area (Å²) in [6, 6.07) is 8.65. The zero-order valence-corrected chi connectivity index (χ0v) is 15.9. The summed E-state index contributed by atoms with van der Waals surface area (Å²) in [5, 5.41) is 12.1. The van der Waals surface area contributed by atoms with Crippen molar-refractivity contribution in [1.82, 2.24) is 20.8 Å². The second-order valence-corrected chi connectivity index (χ2v) is 7.66. The topological polar surface area (TPSA) is 120 Å². The number of rotatable bonds is 8. The second kappa shape index (κ2) is 7.88. The van der Waals surface area contributed by atoms with Crippen LogP contribution in [0.25, 0.3) is 0 Å². The first-order valence-electron chi connectivity index (χ1n) is 9.65. The number of benzene rings is 1. The zero-order chi connectivity index (χ0) is 20.4. The maximum Gasteiger partial charge on any atom is 0.404 e. The minimum absolute atomic E-state index is 0.00120. The molecule has 2 saturated heterocycles. The third kappa shape index (κ3) is 3.99. The average Bonchev–Trinajstić information content (AvgIpc) is 3.42. The molecule has 10 nitrogen and oxygen atoms in total. The molecule has 4 amide bonds. The van der Waals surface area contributed by atoms with E-state index >= 15 is 0 Å². The number of hydrogen-bond acceptors (Lipinski definition) is 5. The lowest BCUT2D eigenvalue weighted by Crippen LogP contribution is -2.52. The van der Waals surface area contributed by atoms with Gasteiger partial charge in [0.1, 0.15) is 12.6 Å². The fourth-order valence-corrected chi connectivity index (χ4v) is 4.13. The van der Waals surface area contributed by atoms with Crippen molar-refractivity contribution in [3.8, 4) is 0 Å². The highest BCUT2D eigenvalue weighted by molar-refractivity contribution is 5.88. The molecule has 2 atom stereocenters. The van der Waals surface area contributed by atoms with E-state index in [0.29, 0.717) is 19.6 Å². The van der Waals surface area contributed by atoms with Gasteiger partial charge in [-0.2, -0.15) is 5.06 Å². The van der Waals surface area contributed by atoms with Crippen LogP contribution < -0.4 is 10.8 Å². The molecule has 2 bridgehead atoms. The van der Waals surface area contributed by atoms with Crippen LogP contribution in [0, 0.1) is 5.41 Å². The Balaban J connectivity index is 1.36. The number of hydroxylamine groups is 3. The van der Waals surface area contributed by atoms with E-state index in [-0.39, 0.29) is 30.6 Å². The highest BCUT2D eigenvalue weighted by Crippen LogP contribution is 2.59. The number of nitrogens with zero attached hydrogens (tertiary/aromatic N) is 2. The number of hydrogen-bond donors (Lipinski definition) is 3. The van der Waals surface area contributed by atoms with Crippen LogP contribution in [0.5, 0.6) is 0 Å². The van der Waals surface area contributed by atoms with E-state index in [0.717, 1.165) is 18.4 Å². The van der Waals surface area contributed by atoms with Gasteiger partial charge in [0.05, 0.1) is 12.6 Å². The monoisotopic (exact) mass is 404 g/mol. The summed E-state index contributed by atoms with van der Waals surface area (Å²) in [7, 11) is 0. The first-order chi connectivity index (χ1) is 14.0. The van der Waals surface area contributed by atoms with Crippen LogP contribution in [-0.2, 0) is 21.1 Å². The summed E-state index contributed by atoms with van der Waals surface area (Å²) in [4.78, 5) is 48.4. The van der Waals surface area contributed by atoms with Crippen molar-refractivity contribution in [2.75, 3.05) is 19.7 Å². The van der Waals surface area contributed by atoms with E-state index in [2.05, 4.69) is 10.8 Å². The molecule has 1 aromatic rings. The molecule has 29 heavy (non-hydrogen) atoms. The predicted octanol–water partition coefficient (Wildman–Crippen LogP) is 1.09. The van der Waals surface area contributed by atoms with E-state index in [9.17, 15) is 14.4 Å². The van der Waals surface area contributed by atoms with E-state index in [4.69, 9.17) is 14.8 Å². The van der Waals surface area contributed by atoms with Crippen LogP contribution in [0.4, 0.5) is 9.59 Å². The highest BCUT2D eigenvalue weighted by atomic mass is 16.7. The molecule has 4 rings (SSSR count). The van der Waals surface area contributed by atoms with Gasteiger partial charge in [0.2, 0.25) is 0 Å². The lowest BCUT2D eigenvalue weighted by Gasteiger charge is -2.35. The first-order valence-corrected chi connectivity index (χ1v) is 9.65. The molecule has 2 aliphatic heterocycles. The summed E-state index contributed by atoms with van der Waals surface area (Å²) in [6.45, 7) is 0.796.